The smallest absolute Gasteiger partial charge is 0.241 e. The first-order valence-electron chi connectivity index (χ1n) is 8.84. The Morgan fingerprint density at radius 2 is 2.00 bits per heavy atom. The molecule has 0 atom stereocenters. The predicted molar refractivity (Wildman–Crippen MR) is 117 cm³/mol. The fourth-order valence-corrected chi connectivity index (χ4v) is 5.32. The van der Waals surface area contributed by atoms with Gasteiger partial charge in [-0.15, -0.1) is 11.3 Å². The number of hydrogen-bond acceptors (Lipinski definition) is 6. The summed E-state index contributed by atoms with van der Waals surface area (Å²) in [5, 5.41) is 4.80. The van der Waals surface area contributed by atoms with E-state index >= 15 is 0 Å². The lowest BCUT2D eigenvalue weighted by Gasteiger charge is -2.05. The lowest BCUT2D eigenvalue weighted by molar-refractivity contribution is -0.113. The lowest BCUT2D eigenvalue weighted by Crippen LogP contribution is -2.23. The van der Waals surface area contributed by atoms with Gasteiger partial charge in [-0.2, -0.15) is 0 Å². The summed E-state index contributed by atoms with van der Waals surface area (Å²) in [6, 6.07) is 12.9. The largest absolute Gasteiger partial charge is 0.493 e. The fraction of sp³-hybridized carbons (Fsp3) is 0.200. The summed E-state index contributed by atoms with van der Waals surface area (Å²) >= 11 is 4.57. The van der Waals surface area contributed by atoms with Crippen LogP contribution >= 0.6 is 27.3 Å². The van der Waals surface area contributed by atoms with Gasteiger partial charge >= 0.3 is 0 Å². The number of sulfone groups is 1. The third-order valence-electron chi connectivity index (χ3n) is 4.39. The van der Waals surface area contributed by atoms with Crippen molar-refractivity contribution in [2.75, 3.05) is 17.7 Å². The fourth-order valence-electron chi connectivity index (χ4n) is 3.05. The molecular weight excluding hydrogens is 476 g/mol. The maximum atomic E-state index is 12.3. The number of aromatic nitrogens is 1. The van der Waals surface area contributed by atoms with Crippen molar-refractivity contribution in [3.8, 4) is 17.0 Å². The Balaban J connectivity index is 1.39. The molecule has 0 saturated heterocycles. The molecule has 0 saturated carbocycles. The van der Waals surface area contributed by atoms with Crippen LogP contribution < -0.4 is 10.1 Å². The summed E-state index contributed by atoms with van der Waals surface area (Å²) in [4.78, 5) is 16.6. The van der Waals surface area contributed by atoms with Gasteiger partial charge in [-0.25, -0.2) is 13.4 Å². The molecule has 0 radical (unpaired) electrons. The van der Waals surface area contributed by atoms with Crippen molar-refractivity contribution in [1.29, 1.82) is 0 Å². The van der Waals surface area contributed by atoms with E-state index in [0.717, 1.165) is 33.5 Å². The third kappa shape index (κ3) is 5.04. The Morgan fingerprint density at radius 1 is 1.21 bits per heavy atom. The van der Waals surface area contributed by atoms with Gasteiger partial charge in [0.05, 0.1) is 18.1 Å². The van der Waals surface area contributed by atoms with E-state index in [4.69, 9.17) is 4.74 Å². The minimum atomic E-state index is -3.58. The van der Waals surface area contributed by atoms with Gasteiger partial charge in [-0.1, -0.05) is 28.1 Å². The van der Waals surface area contributed by atoms with Crippen molar-refractivity contribution in [3.63, 3.8) is 0 Å². The van der Waals surface area contributed by atoms with Crippen LogP contribution in [-0.4, -0.2) is 31.7 Å². The van der Waals surface area contributed by atoms with Crippen LogP contribution in [0.4, 0.5) is 5.13 Å². The number of hydrogen-bond donors (Lipinski definition) is 1. The van der Waals surface area contributed by atoms with Gasteiger partial charge in [-0.05, 0) is 41.5 Å². The molecule has 2 heterocycles. The molecule has 0 spiro atoms. The molecule has 9 heteroatoms. The van der Waals surface area contributed by atoms with Crippen molar-refractivity contribution in [2.24, 2.45) is 0 Å². The summed E-state index contributed by atoms with van der Waals surface area (Å²) < 4.78 is 31.0. The zero-order valence-corrected chi connectivity index (χ0v) is 18.4. The first-order valence-corrected chi connectivity index (χ1v) is 12.3. The average molecular weight is 493 g/mol. The average Bonchev–Trinajstić information content (AvgIpc) is 3.31. The number of anilines is 1. The number of nitrogens with one attached hydrogen (secondary N) is 1. The number of fused-ring (bicyclic) bond motifs is 1. The SMILES string of the molecule is O=C(CS(=O)(=O)Cc1ccc(Br)cc1)Nc1nc(-c2ccc3c(c2)CCO3)cs1. The van der Waals surface area contributed by atoms with Crippen molar-refractivity contribution >= 4 is 48.1 Å². The van der Waals surface area contributed by atoms with Crippen molar-refractivity contribution in [1.82, 2.24) is 4.98 Å². The molecule has 3 aromatic rings. The number of amides is 1. The van der Waals surface area contributed by atoms with E-state index in [1.807, 2.05) is 23.6 Å². The summed E-state index contributed by atoms with van der Waals surface area (Å²) in [6.07, 6.45) is 0.868. The van der Waals surface area contributed by atoms with Gasteiger partial charge < -0.3 is 10.1 Å². The highest BCUT2D eigenvalue weighted by molar-refractivity contribution is 9.10. The molecule has 29 heavy (non-hydrogen) atoms. The number of nitrogens with zero attached hydrogens (tertiary/aromatic N) is 1. The van der Waals surface area contributed by atoms with E-state index < -0.39 is 21.5 Å². The molecule has 150 valence electrons. The highest BCUT2D eigenvalue weighted by atomic mass is 79.9. The molecule has 1 amide bonds. The molecule has 6 nitrogen and oxygen atoms in total. The molecule has 0 bridgehead atoms. The van der Waals surface area contributed by atoms with E-state index in [1.165, 1.54) is 11.3 Å². The molecule has 2 aromatic carbocycles. The minimum Gasteiger partial charge on any atom is -0.493 e. The summed E-state index contributed by atoms with van der Waals surface area (Å²) in [6.45, 7) is 0.686. The summed E-state index contributed by atoms with van der Waals surface area (Å²) in [5.41, 5.74) is 3.45. The van der Waals surface area contributed by atoms with Crippen LogP contribution in [-0.2, 0) is 26.8 Å². The van der Waals surface area contributed by atoms with Crippen LogP contribution in [0.1, 0.15) is 11.1 Å². The zero-order chi connectivity index (χ0) is 20.4. The molecular formula is C20H17BrN2O4S2. The Kier molecular flexibility index (Phi) is 5.71. The van der Waals surface area contributed by atoms with Crippen LogP contribution in [0.5, 0.6) is 5.75 Å². The monoisotopic (exact) mass is 492 g/mol. The first kappa shape index (κ1) is 20.1. The van der Waals surface area contributed by atoms with E-state index in [1.54, 1.807) is 24.3 Å². The molecule has 1 N–H and O–H groups in total. The Bertz CT molecular complexity index is 1160. The van der Waals surface area contributed by atoms with Gasteiger partial charge in [-0.3, -0.25) is 4.79 Å². The van der Waals surface area contributed by atoms with Crippen LogP contribution in [0, 0.1) is 0 Å². The maximum Gasteiger partial charge on any atom is 0.241 e. The van der Waals surface area contributed by atoms with E-state index in [9.17, 15) is 13.2 Å². The van der Waals surface area contributed by atoms with Crippen molar-refractivity contribution in [3.05, 3.63) is 63.4 Å². The molecule has 0 unspecified atom stereocenters. The van der Waals surface area contributed by atoms with Gasteiger partial charge in [0.25, 0.3) is 0 Å². The normalized spacial score (nSPS) is 13.0. The standard InChI is InChI=1S/C20H17BrN2O4S2/c21-16-4-1-13(2-5-16)11-29(25,26)12-19(24)23-20-22-17(10-28-20)14-3-6-18-15(9-14)7-8-27-18/h1-6,9-10H,7-8,11-12H2,(H,22,23,24). The van der Waals surface area contributed by atoms with Crippen LogP contribution in [0.15, 0.2) is 52.3 Å². The molecule has 1 aliphatic rings. The third-order valence-corrected chi connectivity index (χ3v) is 7.15. The van der Waals surface area contributed by atoms with Crippen LogP contribution in [0.2, 0.25) is 0 Å². The Morgan fingerprint density at radius 3 is 2.79 bits per heavy atom. The number of thiazole rings is 1. The van der Waals surface area contributed by atoms with E-state index in [2.05, 4.69) is 26.2 Å². The molecule has 1 aromatic heterocycles. The van der Waals surface area contributed by atoms with Crippen LogP contribution in [0.25, 0.3) is 11.3 Å². The second kappa shape index (κ2) is 8.25. The number of carbonyl (C=O) groups excluding carboxylic acids is 1. The summed E-state index contributed by atoms with van der Waals surface area (Å²) in [5.74, 6) is -0.471. The van der Waals surface area contributed by atoms with Gasteiger partial charge in [0, 0.05) is 21.8 Å². The number of halogens is 1. The molecule has 0 aliphatic carbocycles. The van der Waals surface area contributed by atoms with Gasteiger partial charge in [0.1, 0.15) is 11.5 Å². The Labute approximate surface area is 181 Å². The van der Waals surface area contributed by atoms with Crippen molar-refractivity contribution < 1.29 is 17.9 Å². The zero-order valence-electron chi connectivity index (χ0n) is 15.2. The number of carbonyl (C=O) groups is 1. The van der Waals surface area contributed by atoms with E-state index in [-0.39, 0.29) is 5.75 Å². The molecule has 1 aliphatic heterocycles. The highest BCUT2D eigenvalue weighted by Gasteiger charge is 2.19. The Hall–Kier alpha value is -2.23. The van der Waals surface area contributed by atoms with Gasteiger partial charge in [0.2, 0.25) is 5.91 Å². The first-order chi connectivity index (χ1) is 13.9. The molecule has 0 fully saturated rings. The second-order valence-corrected chi connectivity index (χ2v) is 10.5. The minimum absolute atomic E-state index is 0.186. The van der Waals surface area contributed by atoms with Crippen molar-refractivity contribution in [2.45, 2.75) is 12.2 Å². The number of benzene rings is 2. The second-order valence-electron chi connectivity index (χ2n) is 6.67. The van der Waals surface area contributed by atoms with Crippen LogP contribution in [0.3, 0.4) is 0 Å². The van der Waals surface area contributed by atoms with E-state index in [0.29, 0.717) is 17.3 Å². The predicted octanol–water partition coefficient (Wildman–Crippen LogP) is 4.06. The number of rotatable bonds is 6. The number of ether oxygens (including phenoxy) is 1. The van der Waals surface area contributed by atoms with Gasteiger partial charge in [0.15, 0.2) is 15.0 Å². The highest BCUT2D eigenvalue weighted by Crippen LogP contribution is 2.31. The lowest BCUT2D eigenvalue weighted by atomic mass is 10.1. The maximum absolute atomic E-state index is 12.3. The quantitative estimate of drug-likeness (QED) is 0.560. The molecule has 4 rings (SSSR count). The summed E-state index contributed by atoms with van der Waals surface area (Å²) in [7, 11) is -3.58. The topological polar surface area (TPSA) is 85.4 Å².